The van der Waals surface area contributed by atoms with Crippen LogP contribution in [0.1, 0.15) is 132 Å². The van der Waals surface area contributed by atoms with E-state index in [9.17, 15) is 23.4 Å². The van der Waals surface area contributed by atoms with Crippen molar-refractivity contribution >= 4 is 35.1 Å². The van der Waals surface area contributed by atoms with Crippen molar-refractivity contribution in [2.75, 3.05) is 25.4 Å². The SMILES string of the molecule is CC.CC/C=C\CCCCC.C[C@@H]1CCCN1C(=O)CNC(=O)NC1(CS(=O)C(C)(C)C)CCCCC1.O=CNCC(=O)O. The zero-order chi connectivity index (χ0) is 34.0. The summed E-state index contributed by atoms with van der Waals surface area (Å²) in [6.45, 7) is 16.9. The van der Waals surface area contributed by atoms with Crippen LogP contribution in [0, 0.1) is 0 Å². The molecule has 2 rings (SSSR count). The molecule has 10 nitrogen and oxygen atoms in total. The minimum Gasteiger partial charge on any atom is -0.480 e. The van der Waals surface area contributed by atoms with Gasteiger partial charge in [0.1, 0.15) is 6.54 Å². The van der Waals surface area contributed by atoms with Crippen LogP contribution in [0.15, 0.2) is 12.2 Å². The molecule has 0 aromatic carbocycles. The molecule has 258 valence electrons. The van der Waals surface area contributed by atoms with Crippen LogP contribution in [0.5, 0.6) is 0 Å². The maximum atomic E-state index is 12.7. The fourth-order valence-corrected chi connectivity index (χ4v) is 6.07. The van der Waals surface area contributed by atoms with Crippen molar-refractivity contribution in [3.63, 3.8) is 0 Å². The highest BCUT2D eigenvalue weighted by Crippen LogP contribution is 2.31. The van der Waals surface area contributed by atoms with Gasteiger partial charge in [0.15, 0.2) is 0 Å². The number of unbranched alkanes of at least 4 members (excludes halogenated alkanes) is 3. The van der Waals surface area contributed by atoms with Crippen LogP contribution in [0.4, 0.5) is 4.79 Å². The van der Waals surface area contributed by atoms with Gasteiger partial charge in [-0.05, 0) is 72.6 Å². The Morgan fingerprint density at radius 3 is 2.09 bits per heavy atom. The lowest BCUT2D eigenvalue weighted by atomic mass is 9.83. The molecule has 0 aromatic heterocycles. The second kappa shape index (κ2) is 25.9. The van der Waals surface area contributed by atoms with Crippen LogP contribution < -0.4 is 16.0 Å². The number of hydrogen-bond donors (Lipinski definition) is 4. The minimum atomic E-state index is -1.04. The molecule has 0 aromatic rings. The smallest absolute Gasteiger partial charge is 0.322 e. The standard InChI is InChI=1S/C19H35N3O3S.C9H18.C3H5NO3.C2H6/c1-15-9-8-12-22(15)16(23)13-20-17(24)21-19(10-6-5-7-11-19)14-26(25)18(2,3)4;1-3-5-7-9-8-6-4-2;5-2-4-1-3(6)7;1-2/h15H,5-14H2,1-4H3,(H2,20,21,24);5,7H,3-4,6,8-9H2,1-2H3;2H,1H2,(H,4,5)(H,6,7);1-2H3/b;7-5-;;/t15-,26?;;;/m1.../s1. The van der Waals surface area contributed by atoms with E-state index < -0.39 is 22.3 Å². The Morgan fingerprint density at radius 1 is 1.00 bits per heavy atom. The fourth-order valence-electron chi connectivity index (χ4n) is 4.77. The van der Waals surface area contributed by atoms with E-state index in [0.29, 0.717) is 12.2 Å². The number of carbonyl (C=O) groups is 4. The number of rotatable bonds is 13. The van der Waals surface area contributed by atoms with E-state index in [1.165, 1.54) is 32.1 Å². The van der Waals surface area contributed by atoms with Crippen molar-refractivity contribution < 1.29 is 28.5 Å². The molecule has 1 heterocycles. The number of likely N-dealkylation sites (tertiary alicyclic amines) is 1. The fraction of sp³-hybridized carbons (Fsp3) is 0.818. The molecule has 11 heteroatoms. The van der Waals surface area contributed by atoms with Crippen LogP contribution in [0.3, 0.4) is 0 Å². The molecule has 0 bridgehead atoms. The van der Waals surface area contributed by atoms with E-state index in [-0.39, 0.29) is 35.8 Å². The van der Waals surface area contributed by atoms with Crippen molar-refractivity contribution in [1.29, 1.82) is 0 Å². The Labute approximate surface area is 270 Å². The molecule has 44 heavy (non-hydrogen) atoms. The Hall–Kier alpha value is -2.43. The Morgan fingerprint density at radius 2 is 1.64 bits per heavy atom. The third-order valence-corrected chi connectivity index (χ3v) is 9.45. The Kier molecular flexibility index (Phi) is 25.7. The molecule has 4 N–H and O–H groups in total. The van der Waals surface area contributed by atoms with Crippen LogP contribution >= 0.6 is 0 Å². The highest BCUT2D eigenvalue weighted by atomic mass is 32.2. The van der Waals surface area contributed by atoms with Crippen LogP contribution in [-0.2, 0) is 25.2 Å². The highest BCUT2D eigenvalue weighted by Gasteiger charge is 2.38. The van der Waals surface area contributed by atoms with Crippen LogP contribution in [0.25, 0.3) is 0 Å². The van der Waals surface area contributed by atoms with Gasteiger partial charge in [-0.15, -0.1) is 0 Å². The van der Waals surface area contributed by atoms with Crippen LogP contribution in [-0.4, -0.2) is 80.2 Å². The Balaban J connectivity index is 0. The van der Waals surface area contributed by atoms with Gasteiger partial charge in [0.25, 0.3) is 0 Å². The number of nitrogens with one attached hydrogen (secondary N) is 3. The molecule has 1 saturated carbocycles. The first-order valence-corrected chi connectivity index (χ1v) is 17.9. The molecular formula is C33H64N4O6S. The number of aliphatic carboxylic acids is 1. The molecule has 2 aliphatic rings. The zero-order valence-electron chi connectivity index (χ0n) is 29.0. The highest BCUT2D eigenvalue weighted by molar-refractivity contribution is 7.86. The van der Waals surface area contributed by atoms with Gasteiger partial charge >= 0.3 is 12.0 Å². The second-order valence-corrected chi connectivity index (χ2v) is 14.3. The van der Waals surface area contributed by atoms with Gasteiger partial charge in [-0.1, -0.05) is 72.0 Å². The molecule has 1 aliphatic carbocycles. The van der Waals surface area contributed by atoms with Crippen molar-refractivity contribution in [2.24, 2.45) is 0 Å². The van der Waals surface area contributed by atoms with E-state index in [4.69, 9.17) is 5.11 Å². The van der Waals surface area contributed by atoms with E-state index >= 15 is 0 Å². The van der Waals surface area contributed by atoms with Gasteiger partial charge in [-0.2, -0.15) is 0 Å². The normalized spacial score (nSPS) is 17.8. The number of carbonyl (C=O) groups excluding carboxylic acids is 3. The quantitative estimate of drug-likeness (QED) is 0.111. The lowest BCUT2D eigenvalue weighted by molar-refractivity contribution is -0.136. The first-order chi connectivity index (χ1) is 20.8. The van der Waals surface area contributed by atoms with E-state index in [2.05, 4.69) is 36.6 Å². The number of carboxylic acid groups (broad SMARTS) is 1. The summed E-state index contributed by atoms with van der Waals surface area (Å²) in [5.74, 6) is -0.589. The number of urea groups is 1. The average molecular weight is 645 g/mol. The second-order valence-electron chi connectivity index (χ2n) is 12.1. The summed E-state index contributed by atoms with van der Waals surface area (Å²) in [6.07, 6.45) is 18.4. The van der Waals surface area contributed by atoms with Gasteiger partial charge in [0.2, 0.25) is 12.3 Å². The van der Waals surface area contributed by atoms with Crippen LogP contribution in [0.2, 0.25) is 0 Å². The topological polar surface area (TPSA) is 145 Å². The first-order valence-electron chi connectivity index (χ1n) is 16.6. The Bertz CT molecular complexity index is 854. The summed E-state index contributed by atoms with van der Waals surface area (Å²) >= 11 is 0. The molecule has 1 unspecified atom stereocenters. The first kappa shape index (κ1) is 43.7. The summed E-state index contributed by atoms with van der Waals surface area (Å²) < 4.78 is 12.4. The number of allylic oxidation sites excluding steroid dienone is 2. The molecule has 0 radical (unpaired) electrons. The minimum absolute atomic E-state index is 0.0224. The number of nitrogens with zero attached hydrogens (tertiary/aromatic N) is 1. The van der Waals surface area contributed by atoms with Crippen molar-refractivity contribution in [3.05, 3.63) is 12.2 Å². The largest absolute Gasteiger partial charge is 0.480 e. The number of carboxylic acids is 1. The van der Waals surface area contributed by atoms with Gasteiger partial charge in [0.05, 0.1) is 12.1 Å². The molecule has 0 spiro atoms. The number of hydrogen-bond acceptors (Lipinski definition) is 5. The predicted octanol–water partition coefficient (Wildman–Crippen LogP) is 5.92. The maximum absolute atomic E-state index is 12.7. The summed E-state index contributed by atoms with van der Waals surface area (Å²) in [4.78, 5) is 45.4. The lowest BCUT2D eigenvalue weighted by Gasteiger charge is -2.39. The maximum Gasteiger partial charge on any atom is 0.322 e. The van der Waals surface area contributed by atoms with Gasteiger partial charge in [-0.3, -0.25) is 18.6 Å². The van der Waals surface area contributed by atoms with Crippen molar-refractivity contribution in [1.82, 2.24) is 20.9 Å². The van der Waals surface area contributed by atoms with Crippen molar-refractivity contribution in [3.8, 4) is 0 Å². The summed E-state index contributed by atoms with van der Waals surface area (Å²) in [7, 11) is -1.03. The molecule has 2 fully saturated rings. The molecule has 1 saturated heterocycles. The van der Waals surface area contributed by atoms with Gasteiger partial charge in [-0.25, -0.2) is 4.79 Å². The van der Waals surface area contributed by atoms with E-state index in [0.717, 1.165) is 51.5 Å². The predicted molar refractivity (Wildman–Crippen MR) is 182 cm³/mol. The molecule has 1 aliphatic heterocycles. The van der Waals surface area contributed by atoms with Crippen molar-refractivity contribution in [2.45, 2.75) is 149 Å². The zero-order valence-corrected chi connectivity index (χ0v) is 29.8. The third-order valence-electron chi connectivity index (χ3n) is 7.27. The summed E-state index contributed by atoms with van der Waals surface area (Å²) in [5.41, 5.74) is -0.426. The third kappa shape index (κ3) is 21.3. The van der Waals surface area contributed by atoms with E-state index in [1.807, 2.05) is 51.8 Å². The summed E-state index contributed by atoms with van der Waals surface area (Å²) in [5, 5.41) is 15.6. The van der Waals surface area contributed by atoms with Gasteiger partial charge < -0.3 is 26.0 Å². The molecular weight excluding hydrogens is 580 g/mol. The van der Waals surface area contributed by atoms with Gasteiger partial charge in [0, 0.05) is 33.9 Å². The number of amides is 4. The lowest BCUT2D eigenvalue weighted by Crippen LogP contribution is -2.58. The van der Waals surface area contributed by atoms with E-state index in [1.54, 1.807) is 0 Å². The average Bonchev–Trinajstić information content (AvgIpc) is 3.42. The monoisotopic (exact) mass is 644 g/mol. The summed E-state index contributed by atoms with van der Waals surface area (Å²) in [6, 6.07) is -0.0655. The molecule has 2 atom stereocenters. The molecule has 4 amide bonds.